The van der Waals surface area contributed by atoms with Crippen LogP contribution in [0.5, 0.6) is 0 Å². The van der Waals surface area contributed by atoms with Gasteiger partial charge in [-0.2, -0.15) is 5.10 Å². The summed E-state index contributed by atoms with van der Waals surface area (Å²) in [7, 11) is 0. The van der Waals surface area contributed by atoms with Crippen LogP contribution in [-0.4, -0.2) is 24.7 Å². The van der Waals surface area contributed by atoms with E-state index in [1.54, 1.807) is 12.4 Å². The maximum absolute atomic E-state index is 5.53. The summed E-state index contributed by atoms with van der Waals surface area (Å²) in [5.41, 5.74) is 2.00. The van der Waals surface area contributed by atoms with Gasteiger partial charge in [0.25, 0.3) is 0 Å². The Labute approximate surface area is 151 Å². The van der Waals surface area contributed by atoms with Crippen molar-refractivity contribution in [3.05, 3.63) is 60.2 Å². The Hall–Kier alpha value is -3.02. The number of fused-ring (bicyclic) bond motifs is 1. The van der Waals surface area contributed by atoms with E-state index in [4.69, 9.17) is 9.40 Å². The molecule has 0 radical (unpaired) electrons. The lowest BCUT2D eigenvalue weighted by Gasteiger charge is -2.01. The van der Waals surface area contributed by atoms with Gasteiger partial charge in [-0.25, -0.2) is 14.6 Å². The summed E-state index contributed by atoms with van der Waals surface area (Å²) in [6.07, 6.45) is 6.15. The number of oxazole rings is 1. The summed E-state index contributed by atoms with van der Waals surface area (Å²) in [5.74, 6) is 3.40. The molecule has 0 aliphatic heterocycles. The van der Waals surface area contributed by atoms with Crippen LogP contribution >= 0.6 is 0 Å². The number of pyridine rings is 1. The van der Waals surface area contributed by atoms with Crippen molar-refractivity contribution in [3.63, 3.8) is 0 Å². The molecule has 0 aliphatic rings. The van der Waals surface area contributed by atoms with E-state index in [0.717, 1.165) is 65.6 Å². The molecule has 6 nitrogen and oxygen atoms in total. The van der Waals surface area contributed by atoms with Crippen LogP contribution in [0.15, 0.2) is 47.1 Å². The van der Waals surface area contributed by atoms with Crippen LogP contribution in [0.4, 0.5) is 0 Å². The van der Waals surface area contributed by atoms with Crippen molar-refractivity contribution >= 4 is 10.9 Å². The zero-order valence-electron chi connectivity index (χ0n) is 15.0. The van der Waals surface area contributed by atoms with E-state index in [9.17, 15) is 0 Å². The largest absolute Gasteiger partial charge is 0.446 e. The highest BCUT2D eigenvalue weighted by Crippen LogP contribution is 2.21. The SMILES string of the molecule is CCn1nc(-c2ccc3ncccc3c2)nc1CCCc1ncc(C)o1. The molecule has 0 atom stereocenters. The maximum atomic E-state index is 5.53. The number of rotatable bonds is 6. The molecular formula is C20H21N5O. The first-order chi connectivity index (χ1) is 12.7. The molecule has 26 heavy (non-hydrogen) atoms. The summed E-state index contributed by atoms with van der Waals surface area (Å²) in [5, 5.41) is 5.78. The van der Waals surface area contributed by atoms with Gasteiger partial charge in [0.2, 0.25) is 0 Å². The molecule has 0 fully saturated rings. The second-order valence-corrected chi connectivity index (χ2v) is 6.30. The van der Waals surface area contributed by atoms with Crippen molar-refractivity contribution in [3.8, 4) is 11.4 Å². The van der Waals surface area contributed by atoms with E-state index < -0.39 is 0 Å². The number of aryl methyl sites for hydroxylation is 4. The Morgan fingerprint density at radius 1 is 1.12 bits per heavy atom. The standard InChI is InChI=1S/C20H21N5O/c1-3-25-18(7-4-8-19-22-13-14(2)26-19)23-20(24-25)16-9-10-17-15(12-16)6-5-11-21-17/h5-6,9-13H,3-4,7-8H2,1-2H3. The number of hydrogen-bond donors (Lipinski definition) is 0. The minimum atomic E-state index is 0.763. The minimum absolute atomic E-state index is 0.763. The Morgan fingerprint density at radius 2 is 2.04 bits per heavy atom. The number of hydrogen-bond acceptors (Lipinski definition) is 5. The molecule has 0 unspecified atom stereocenters. The molecule has 3 heterocycles. The monoisotopic (exact) mass is 347 g/mol. The van der Waals surface area contributed by atoms with Gasteiger partial charge < -0.3 is 4.42 Å². The van der Waals surface area contributed by atoms with Crippen molar-refractivity contribution in [1.82, 2.24) is 24.7 Å². The third-order valence-electron chi connectivity index (χ3n) is 4.37. The second-order valence-electron chi connectivity index (χ2n) is 6.30. The topological polar surface area (TPSA) is 69.6 Å². The van der Waals surface area contributed by atoms with Gasteiger partial charge in [-0.3, -0.25) is 4.98 Å². The highest BCUT2D eigenvalue weighted by atomic mass is 16.3. The highest BCUT2D eigenvalue weighted by Gasteiger charge is 2.12. The summed E-state index contributed by atoms with van der Waals surface area (Å²) < 4.78 is 7.51. The molecule has 0 saturated heterocycles. The summed E-state index contributed by atoms with van der Waals surface area (Å²) in [6.45, 7) is 4.80. The van der Waals surface area contributed by atoms with Crippen molar-refractivity contribution in [1.29, 1.82) is 0 Å². The Bertz CT molecular complexity index is 1030. The number of aromatic nitrogens is 5. The highest BCUT2D eigenvalue weighted by molar-refractivity contribution is 5.82. The lowest BCUT2D eigenvalue weighted by Crippen LogP contribution is -2.04. The lowest BCUT2D eigenvalue weighted by molar-refractivity contribution is 0.462. The summed E-state index contributed by atoms with van der Waals surface area (Å²) in [4.78, 5) is 13.4. The van der Waals surface area contributed by atoms with Gasteiger partial charge in [0, 0.05) is 36.5 Å². The molecule has 4 aromatic rings. The van der Waals surface area contributed by atoms with Crippen molar-refractivity contribution in [2.75, 3.05) is 0 Å². The molecule has 0 amide bonds. The van der Waals surface area contributed by atoms with Gasteiger partial charge in [0.1, 0.15) is 11.6 Å². The smallest absolute Gasteiger partial charge is 0.194 e. The van der Waals surface area contributed by atoms with E-state index in [0.29, 0.717) is 0 Å². The van der Waals surface area contributed by atoms with Gasteiger partial charge in [-0.05, 0) is 44.5 Å². The Kier molecular flexibility index (Phi) is 4.48. The predicted molar refractivity (Wildman–Crippen MR) is 99.7 cm³/mol. The van der Waals surface area contributed by atoms with Crippen LogP contribution < -0.4 is 0 Å². The average Bonchev–Trinajstić information content (AvgIpc) is 3.27. The zero-order valence-corrected chi connectivity index (χ0v) is 15.0. The molecule has 0 aliphatic carbocycles. The minimum Gasteiger partial charge on any atom is -0.446 e. The number of benzene rings is 1. The molecule has 0 bridgehead atoms. The quantitative estimate of drug-likeness (QED) is 0.527. The zero-order chi connectivity index (χ0) is 17.9. The normalized spacial score (nSPS) is 11.3. The fourth-order valence-corrected chi connectivity index (χ4v) is 3.06. The van der Waals surface area contributed by atoms with Gasteiger partial charge >= 0.3 is 0 Å². The fraction of sp³-hybridized carbons (Fsp3) is 0.300. The molecule has 0 spiro atoms. The van der Waals surface area contributed by atoms with Crippen molar-refractivity contribution < 1.29 is 4.42 Å². The molecule has 132 valence electrons. The summed E-state index contributed by atoms with van der Waals surface area (Å²) >= 11 is 0. The van der Waals surface area contributed by atoms with Gasteiger partial charge in [-0.1, -0.05) is 6.07 Å². The van der Waals surface area contributed by atoms with E-state index in [2.05, 4.69) is 34.1 Å². The third-order valence-corrected chi connectivity index (χ3v) is 4.37. The van der Waals surface area contributed by atoms with E-state index in [-0.39, 0.29) is 0 Å². The fourth-order valence-electron chi connectivity index (χ4n) is 3.06. The van der Waals surface area contributed by atoms with E-state index >= 15 is 0 Å². The van der Waals surface area contributed by atoms with Crippen LogP contribution in [0.25, 0.3) is 22.3 Å². The number of nitrogens with zero attached hydrogens (tertiary/aromatic N) is 5. The van der Waals surface area contributed by atoms with E-state index in [1.807, 2.05) is 29.8 Å². The molecule has 3 aromatic heterocycles. The molecule has 4 rings (SSSR count). The first kappa shape index (κ1) is 16.4. The third kappa shape index (κ3) is 3.35. The van der Waals surface area contributed by atoms with Gasteiger partial charge in [-0.15, -0.1) is 0 Å². The van der Waals surface area contributed by atoms with Crippen LogP contribution in [0.3, 0.4) is 0 Å². The predicted octanol–water partition coefficient (Wildman–Crippen LogP) is 3.98. The lowest BCUT2D eigenvalue weighted by atomic mass is 10.1. The van der Waals surface area contributed by atoms with Crippen molar-refractivity contribution in [2.24, 2.45) is 0 Å². The van der Waals surface area contributed by atoms with Crippen LogP contribution in [0.2, 0.25) is 0 Å². The van der Waals surface area contributed by atoms with E-state index in [1.165, 1.54) is 0 Å². The molecule has 0 N–H and O–H groups in total. The Morgan fingerprint density at radius 3 is 2.85 bits per heavy atom. The van der Waals surface area contributed by atoms with Gasteiger partial charge in [0.05, 0.1) is 11.7 Å². The van der Waals surface area contributed by atoms with Crippen LogP contribution in [0, 0.1) is 6.92 Å². The molecule has 0 saturated carbocycles. The molecular weight excluding hydrogens is 326 g/mol. The Balaban J connectivity index is 1.53. The van der Waals surface area contributed by atoms with Crippen LogP contribution in [0.1, 0.15) is 30.8 Å². The van der Waals surface area contributed by atoms with Crippen LogP contribution in [-0.2, 0) is 19.4 Å². The summed E-state index contributed by atoms with van der Waals surface area (Å²) in [6, 6.07) is 10.1. The van der Waals surface area contributed by atoms with Gasteiger partial charge in [0.15, 0.2) is 11.7 Å². The molecule has 1 aromatic carbocycles. The molecule has 6 heteroatoms. The first-order valence-corrected chi connectivity index (χ1v) is 8.93. The maximum Gasteiger partial charge on any atom is 0.194 e. The first-order valence-electron chi connectivity index (χ1n) is 8.93. The second kappa shape index (κ2) is 7.07. The average molecular weight is 347 g/mol. The van der Waals surface area contributed by atoms with Crippen molar-refractivity contribution in [2.45, 2.75) is 39.7 Å².